The average molecular weight is 550 g/mol. The van der Waals surface area contributed by atoms with Gasteiger partial charge in [-0.2, -0.15) is 12.8 Å². The van der Waals surface area contributed by atoms with Crippen molar-refractivity contribution in [1.82, 2.24) is 0 Å². The smallest absolute Gasteiger partial charge is 0.394 e. The van der Waals surface area contributed by atoms with E-state index in [1.807, 2.05) is 0 Å². The van der Waals surface area contributed by atoms with Crippen molar-refractivity contribution in [2.45, 2.75) is 12.8 Å². The Bertz CT molecular complexity index is 1200. The molecule has 2 aromatic rings. The van der Waals surface area contributed by atoms with E-state index >= 15 is 0 Å². The maximum Gasteiger partial charge on any atom is 0.394 e. The van der Waals surface area contributed by atoms with Crippen molar-refractivity contribution in [3.63, 3.8) is 0 Å². The number of carbonyl (C=O) groups is 2. The lowest BCUT2D eigenvalue weighted by Crippen LogP contribution is -2.04. The van der Waals surface area contributed by atoms with Crippen LogP contribution in [-0.4, -0.2) is 54.9 Å². The van der Waals surface area contributed by atoms with Gasteiger partial charge in [0.25, 0.3) is 5.09 Å². The van der Waals surface area contributed by atoms with E-state index in [9.17, 15) is 37.3 Å². The van der Waals surface area contributed by atoms with Crippen molar-refractivity contribution in [2.75, 3.05) is 0 Å². The molecule has 0 atom stereocenters. The van der Waals surface area contributed by atoms with Crippen LogP contribution in [0.4, 0.5) is 23.2 Å². The Morgan fingerprint density at radius 2 is 1.19 bits per heavy atom. The Balaban J connectivity index is 0. The number of rotatable bonds is 5. The molecule has 0 amide bonds. The summed E-state index contributed by atoms with van der Waals surface area (Å²) < 4.78 is 82.3. The Morgan fingerprint density at radius 1 is 0.806 bits per heavy atom. The first-order valence-corrected chi connectivity index (χ1v) is 9.67. The summed E-state index contributed by atoms with van der Waals surface area (Å²) >= 11 is 0. The minimum atomic E-state index is -4.67. The van der Waals surface area contributed by atoms with Crippen molar-refractivity contribution >= 4 is 28.0 Å². The number of hydrogen-bond acceptors (Lipinski definition) is 8. The zero-order valence-electron chi connectivity index (χ0n) is 17.1. The quantitative estimate of drug-likeness (QED) is 0.155. The highest BCUT2D eigenvalue weighted by Crippen LogP contribution is 2.21. The lowest BCUT2D eigenvalue weighted by atomic mass is 10.1. The van der Waals surface area contributed by atoms with Crippen molar-refractivity contribution in [3.8, 4) is 0 Å². The Kier molecular flexibility index (Phi) is 14.5. The summed E-state index contributed by atoms with van der Waals surface area (Å²) in [4.78, 5) is 38.0. The van der Waals surface area contributed by atoms with Gasteiger partial charge in [0.05, 0.1) is 17.8 Å². The highest BCUT2D eigenvalue weighted by molar-refractivity contribution is 7.79. The molecule has 0 radical (unpaired) electrons. The van der Waals surface area contributed by atoms with Gasteiger partial charge >= 0.3 is 28.0 Å². The van der Waals surface area contributed by atoms with Crippen molar-refractivity contribution < 1.29 is 70.1 Å². The van der Waals surface area contributed by atoms with Crippen LogP contribution in [0, 0.1) is 43.5 Å². The fraction of sp³-hybridized carbons (Fsp3) is 0.125. The van der Waals surface area contributed by atoms with Crippen LogP contribution in [0.3, 0.4) is 0 Å². The molecule has 0 aliphatic rings. The van der Waals surface area contributed by atoms with Crippen molar-refractivity contribution in [3.05, 3.63) is 85.0 Å². The van der Waals surface area contributed by atoms with Gasteiger partial charge in [0.15, 0.2) is 0 Å². The molecule has 0 heterocycles. The fourth-order valence-corrected chi connectivity index (χ4v) is 1.85. The first-order chi connectivity index (χ1) is 16.2. The van der Waals surface area contributed by atoms with Crippen LogP contribution in [0.15, 0.2) is 30.3 Å². The van der Waals surface area contributed by atoms with Crippen LogP contribution < -0.4 is 0 Å². The number of aliphatic carboxylic acids is 2. The molecule has 2 rings (SSSR count). The van der Waals surface area contributed by atoms with Gasteiger partial charge in [0.1, 0.15) is 17.5 Å². The number of halogens is 4. The van der Waals surface area contributed by atoms with E-state index in [1.54, 1.807) is 0 Å². The molecular formula is C16H14F4N2O13S. The predicted octanol–water partition coefficient (Wildman–Crippen LogP) is 2.09. The number of hydrogen-bond donors (Lipinski definition) is 5. The van der Waals surface area contributed by atoms with Gasteiger partial charge < -0.3 is 15.4 Å². The minimum Gasteiger partial charge on any atom is -0.481 e. The molecule has 0 aliphatic heterocycles. The van der Waals surface area contributed by atoms with E-state index in [4.69, 9.17) is 43.1 Å². The third-order valence-electron chi connectivity index (χ3n) is 3.01. The van der Waals surface area contributed by atoms with E-state index in [-0.39, 0.29) is 5.56 Å². The van der Waals surface area contributed by atoms with E-state index in [2.05, 4.69) is 0 Å². The van der Waals surface area contributed by atoms with Gasteiger partial charge in [-0.3, -0.25) is 28.8 Å². The first kappa shape index (κ1) is 33.7. The third-order valence-corrected chi connectivity index (χ3v) is 3.01. The number of carboxylic acid groups (broad SMARTS) is 2. The molecule has 36 heavy (non-hydrogen) atoms. The number of nitro benzene ring substituents is 1. The molecule has 0 spiro atoms. The van der Waals surface area contributed by atoms with Crippen LogP contribution in [0.5, 0.6) is 0 Å². The SMILES string of the molecule is O=C(O)Cc1cc([N+](=O)[O-])c(F)cc1F.O=C(O)Cc1ccc(F)cc1F.O=S(=O)(O)O.O=[N+]([O-])O. The highest BCUT2D eigenvalue weighted by Gasteiger charge is 2.19. The second kappa shape index (κ2) is 15.5. The lowest BCUT2D eigenvalue weighted by Gasteiger charge is -2.00. The summed E-state index contributed by atoms with van der Waals surface area (Å²) in [5.74, 6) is -6.46. The minimum absolute atomic E-state index is 0.0103. The molecule has 200 valence electrons. The summed E-state index contributed by atoms with van der Waals surface area (Å²) in [6.45, 7) is 0. The van der Waals surface area contributed by atoms with Crippen LogP contribution in [0.25, 0.3) is 0 Å². The fourth-order valence-electron chi connectivity index (χ4n) is 1.85. The second-order valence-electron chi connectivity index (χ2n) is 5.71. The molecule has 0 aliphatic carbocycles. The molecule has 0 fully saturated rings. The average Bonchev–Trinajstić information content (AvgIpc) is 2.64. The van der Waals surface area contributed by atoms with Crippen LogP contribution in [0.1, 0.15) is 11.1 Å². The summed E-state index contributed by atoms with van der Waals surface area (Å²) in [7, 11) is -4.67. The monoisotopic (exact) mass is 550 g/mol. The molecule has 15 nitrogen and oxygen atoms in total. The van der Waals surface area contributed by atoms with Gasteiger partial charge in [-0.25, -0.2) is 13.2 Å². The zero-order chi connectivity index (χ0) is 28.8. The van der Waals surface area contributed by atoms with Gasteiger partial charge in [-0.15, -0.1) is 10.1 Å². The zero-order valence-corrected chi connectivity index (χ0v) is 17.9. The standard InChI is InChI=1S/C8H5F2NO4.C8H6F2O2.HNO3.H2O4S/c9-5-3-6(10)7(11(14)15)1-4(5)2-8(12)13;9-6-2-1-5(3-8(11)12)7(10)4-6;2-1(3)4;1-5(2,3)4/h1,3H,2H2,(H,12,13);1-2,4H,3H2,(H,11,12);(H,2,3,4);(H2,1,2,3,4). The van der Waals surface area contributed by atoms with Crippen LogP contribution in [0.2, 0.25) is 0 Å². The van der Waals surface area contributed by atoms with Gasteiger partial charge in [0.2, 0.25) is 5.82 Å². The number of nitrogens with zero attached hydrogens (tertiary/aromatic N) is 2. The molecule has 2 aromatic carbocycles. The summed E-state index contributed by atoms with van der Waals surface area (Å²) in [5.41, 5.74) is -1.37. The van der Waals surface area contributed by atoms with Crippen molar-refractivity contribution in [1.29, 1.82) is 0 Å². The summed E-state index contributed by atoms with van der Waals surface area (Å²) in [6.07, 6.45) is -1.15. The number of carboxylic acids is 2. The first-order valence-electron chi connectivity index (χ1n) is 8.27. The normalized spacial score (nSPS) is 9.72. The largest absolute Gasteiger partial charge is 0.481 e. The van der Waals surface area contributed by atoms with Crippen LogP contribution in [-0.2, 0) is 32.8 Å². The molecule has 0 unspecified atom stereocenters. The maximum atomic E-state index is 12.9. The topological polar surface area (TPSA) is 256 Å². The molecular weight excluding hydrogens is 536 g/mol. The second-order valence-corrected chi connectivity index (χ2v) is 6.61. The van der Waals surface area contributed by atoms with Gasteiger partial charge in [0, 0.05) is 23.8 Å². The summed E-state index contributed by atoms with van der Waals surface area (Å²) in [6, 6.07) is 3.70. The van der Waals surface area contributed by atoms with Gasteiger partial charge in [-0.05, 0) is 11.6 Å². The molecule has 20 heteroatoms. The molecule has 0 aromatic heterocycles. The summed E-state index contributed by atoms with van der Waals surface area (Å²) in [5, 5.41) is 40.6. The lowest BCUT2D eigenvalue weighted by molar-refractivity contribution is -0.742. The molecule has 5 N–H and O–H groups in total. The molecule has 0 bridgehead atoms. The van der Waals surface area contributed by atoms with Gasteiger partial charge in [-0.1, -0.05) is 6.07 Å². The number of benzene rings is 2. The Hall–Kier alpha value is -4.43. The maximum absolute atomic E-state index is 12.9. The Labute approximate surface area is 196 Å². The Morgan fingerprint density at radius 3 is 1.56 bits per heavy atom. The van der Waals surface area contributed by atoms with E-state index < -0.39 is 79.7 Å². The third kappa shape index (κ3) is 18.0. The predicted molar refractivity (Wildman–Crippen MR) is 105 cm³/mol. The van der Waals surface area contributed by atoms with Crippen LogP contribution >= 0.6 is 0 Å². The van der Waals surface area contributed by atoms with Crippen molar-refractivity contribution in [2.24, 2.45) is 0 Å². The van der Waals surface area contributed by atoms with E-state index in [0.717, 1.165) is 12.1 Å². The number of nitro groups is 1. The molecule has 0 saturated carbocycles. The van der Waals surface area contributed by atoms with E-state index in [1.165, 1.54) is 0 Å². The highest BCUT2D eigenvalue weighted by atomic mass is 32.3. The molecule has 0 saturated heterocycles. The van der Waals surface area contributed by atoms with E-state index in [0.29, 0.717) is 18.2 Å².